The number of hydrogen-bond acceptors (Lipinski definition) is 4. The van der Waals surface area contributed by atoms with Gasteiger partial charge in [-0.15, -0.1) is 0 Å². The van der Waals surface area contributed by atoms with Gasteiger partial charge < -0.3 is 0 Å². The maximum atomic E-state index is 5.96. The van der Waals surface area contributed by atoms with E-state index in [1.54, 1.807) is 6.20 Å². The monoisotopic (exact) mass is 242 g/mol. The molecule has 0 saturated heterocycles. The van der Waals surface area contributed by atoms with Crippen molar-refractivity contribution in [2.75, 3.05) is 0 Å². The third-order valence-corrected chi connectivity index (χ3v) is 2.65. The van der Waals surface area contributed by atoms with Crippen molar-refractivity contribution in [2.45, 2.75) is 0 Å². The van der Waals surface area contributed by atoms with Crippen LogP contribution in [0.4, 0.5) is 0 Å². The molecule has 0 amide bonds. The van der Waals surface area contributed by atoms with E-state index in [9.17, 15) is 0 Å². The van der Waals surface area contributed by atoms with Crippen LogP contribution >= 0.6 is 11.6 Å². The van der Waals surface area contributed by atoms with Gasteiger partial charge in [0.1, 0.15) is 11.8 Å². The standard InChI is InChI=1S/C12H7ClN4/c13-11-10-12(16-7-15-11)14-6-9(17-10)8-4-2-1-3-5-8/h1-7H. The van der Waals surface area contributed by atoms with Gasteiger partial charge in [0.25, 0.3) is 0 Å². The Labute approximate surface area is 102 Å². The quantitative estimate of drug-likeness (QED) is 0.616. The van der Waals surface area contributed by atoms with E-state index < -0.39 is 0 Å². The fraction of sp³-hybridized carbons (Fsp3) is 0. The summed E-state index contributed by atoms with van der Waals surface area (Å²) in [5, 5.41) is 0.320. The van der Waals surface area contributed by atoms with E-state index >= 15 is 0 Å². The van der Waals surface area contributed by atoms with Crippen molar-refractivity contribution >= 4 is 22.8 Å². The second-order valence-electron chi connectivity index (χ2n) is 3.46. The molecule has 17 heavy (non-hydrogen) atoms. The summed E-state index contributed by atoms with van der Waals surface area (Å²) >= 11 is 5.96. The molecular formula is C12H7ClN4. The summed E-state index contributed by atoms with van der Waals surface area (Å²) in [5.74, 6) is 0. The first-order valence-electron chi connectivity index (χ1n) is 5.03. The van der Waals surface area contributed by atoms with Gasteiger partial charge in [0.15, 0.2) is 10.8 Å². The molecular weight excluding hydrogens is 236 g/mol. The summed E-state index contributed by atoms with van der Waals surface area (Å²) in [7, 11) is 0. The fourth-order valence-corrected chi connectivity index (χ4v) is 1.73. The van der Waals surface area contributed by atoms with Crippen LogP contribution in [0.1, 0.15) is 0 Å². The lowest BCUT2D eigenvalue weighted by atomic mass is 10.2. The fourth-order valence-electron chi connectivity index (χ4n) is 1.56. The molecule has 1 aromatic carbocycles. The van der Waals surface area contributed by atoms with Crippen LogP contribution < -0.4 is 0 Å². The van der Waals surface area contributed by atoms with Crippen molar-refractivity contribution in [2.24, 2.45) is 0 Å². The van der Waals surface area contributed by atoms with Crippen LogP contribution in [0.15, 0.2) is 42.9 Å². The normalized spacial score (nSPS) is 10.6. The summed E-state index contributed by atoms with van der Waals surface area (Å²) in [6, 6.07) is 9.78. The number of fused-ring (bicyclic) bond motifs is 1. The van der Waals surface area contributed by atoms with E-state index in [-0.39, 0.29) is 0 Å². The molecule has 0 aliphatic heterocycles. The highest BCUT2D eigenvalue weighted by Crippen LogP contribution is 2.20. The molecule has 0 spiro atoms. The zero-order chi connectivity index (χ0) is 11.7. The Morgan fingerprint density at radius 2 is 1.76 bits per heavy atom. The van der Waals surface area contributed by atoms with Crippen molar-refractivity contribution in [3.63, 3.8) is 0 Å². The Hall–Kier alpha value is -2.07. The largest absolute Gasteiger partial charge is 0.240 e. The van der Waals surface area contributed by atoms with Crippen molar-refractivity contribution < 1.29 is 0 Å². The second kappa shape index (κ2) is 4.07. The Kier molecular flexibility index (Phi) is 2.42. The Balaban J connectivity index is 2.23. The van der Waals surface area contributed by atoms with Gasteiger partial charge in [0, 0.05) is 5.56 Å². The average molecular weight is 243 g/mol. The lowest BCUT2D eigenvalue weighted by Gasteiger charge is -2.02. The predicted molar refractivity (Wildman–Crippen MR) is 65.6 cm³/mol. The van der Waals surface area contributed by atoms with E-state index in [1.165, 1.54) is 6.33 Å². The van der Waals surface area contributed by atoms with E-state index in [0.29, 0.717) is 16.3 Å². The third kappa shape index (κ3) is 1.83. The molecule has 2 heterocycles. The molecule has 0 fully saturated rings. The van der Waals surface area contributed by atoms with E-state index in [0.717, 1.165) is 11.3 Å². The van der Waals surface area contributed by atoms with Gasteiger partial charge in [0.2, 0.25) is 0 Å². The van der Waals surface area contributed by atoms with Crippen LogP contribution in [-0.4, -0.2) is 19.9 Å². The van der Waals surface area contributed by atoms with Crippen molar-refractivity contribution in [1.82, 2.24) is 19.9 Å². The number of rotatable bonds is 1. The first-order chi connectivity index (χ1) is 8.34. The molecule has 0 aliphatic rings. The molecule has 0 radical (unpaired) electrons. The number of nitrogens with zero attached hydrogens (tertiary/aromatic N) is 4. The molecule has 0 saturated carbocycles. The third-order valence-electron chi connectivity index (χ3n) is 2.37. The Morgan fingerprint density at radius 1 is 0.941 bits per heavy atom. The van der Waals surface area contributed by atoms with Gasteiger partial charge in [-0.1, -0.05) is 41.9 Å². The maximum absolute atomic E-state index is 5.96. The van der Waals surface area contributed by atoms with Crippen LogP contribution in [0.3, 0.4) is 0 Å². The summed E-state index contributed by atoms with van der Waals surface area (Å²) in [6.45, 7) is 0. The van der Waals surface area contributed by atoms with Crippen LogP contribution in [0.5, 0.6) is 0 Å². The molecule has 82 valence electrons. The molecule has 0 bridgehead atoms. The van der Waals surface area contributed by atoms with Crippen molar-refractivity contribution in [3.8, 4) is 11.3 Å². The SMILES string of the molecule is Clc1ncnc2ncc(-c3ccccc3)nc12. The molecule has 2 aromatic heterocycles. The van der Waals surface area contributed by atoms with Gasteiger partial charge in [-0.05, 0) is 0 Å². The van der Waals surface area contributed by atoms with Gasteiger partial charge in [-0.2, -0.15) is 0 Å². The lowest BCUT2D eigenvalue weighted by molar-refractivity contribution is 1.15. The van der Waals surface area contributed by atoms with Crippen LogP contribution in [0, 0.1) is 0 Å². The van der Waals surface area contributed by atoms with Gasteiger partial charge >= 0.3 is 0 Å². The lowest BCUT2D eigenvalue weighted by Crippen LogP contribution is -1.93. The molecule has 0 atom stereocenters. The maximum Gasteiger partial charge on any atom is 0.182 e. The number of halogens is 1. The minimum atomic E-state index is 0.320. The minimum Gasteiger partial charge on any atom is -0.240 e. The Morgan fingerprint density at radius 3 is 2.59 bits per heavy atom. The first-order valence-corrected chi connectivity index (χ1v) is 5.41. The summed E-state index contributed by atoms with van der Waals surface area (Å²) in [4.78, 5) is 16.5. The molecule has 5 heteroatoms. The molecule has 4 nitrogen and oxygen atoms in total. The van der Waals surface area contributed by atoms with Crippen LogP contribution in [0.2, 0.25) is 5.15 Å². The molecule has 0 aliphatic carbocycles. The van der Waals surface area contributed by atoms with E-state index in [4.69, 9.17) is 11.6 Å². The topological polar surface area (TPSA) is 51.6 Å². The van der Waals surface area contributed by atoms with Gasteiger partial charge in [0.05, 0.1) is 11.9 Å². The predicted octanol–water partition coefficient (Wildman–Crippen LogP) is 2.74. The highest BCUT2D eigenvalue weighted by atomic mass is 35.5. The first kappa shape index (κ1) is 10.1. The number of benzene rings is 1. The summed E-state index contributed by atoms with van der Waals surface area (Å²) in [5.41, 5.74) is 2.77. The van der Waals surface area contributed by atoms with Crippen LogP contribution in [0.25, 0.3) is 22.4 Å². The highest BCUT2D eigenvalue weighted by molar-refractivity contribution is 6.33. The highest BCUT2D eigenvalue weighted by Gasteiger charge is 2.06. The van der Waals surface area contributed by atoms with Crippen molar-refractivity contribution in [1.29, 1.82) is 0 Å². The molecule has 0 unspecified atom stereocenters. The average Bonchev–Trinajstić information content (AvgIpc) is 2.40. The summed E-state index contributed by atoms with van der Waals surface area (Å²) < 4.78 is 0. The van der Waals surface area contributed by atoms with E-state index in [1.807, 2.05) is 30.3 Å². The van der Waals surface area contributed by atoms with E-state index in [2.05, 4.69) is 19.9 Å². The zero-order valence-corrected chi connectivity index (χ0v) is 9.46. The van der Waals surface area contributed by atoms with Crippen LogP contribution in [-0.2, 0) is 0 Å². The Bertz CT molecular complexity index is 670. The minimum absolute atomic E-state index is 0.320. The number of aromatic nitrogens is 4. The molecule has 3 aromatic rings. The molecule has 3 rings (SSSR count). The second-order valence-corrected chi connectivity index (χ2v) is 3.82. The van der Waals surface area contributed by atoms with Gasteiger partial charge in [-0.25, -0.2) is 19.9 Å². The smallest absolute Gasteiger partial charge is 0.182 e. The van der Waals surface area contributed by atoms with Gasteiger partial charge in [-0.3, -0.25) is 0 Å². The molecule has 0 N–H and O–H groups in total. The zero-order valence-electron chi connectivity index (χ0n) is 8.71. The number of hydrogen-bond donors (Lipinski definition) is 0. The summed E-state index contributed by atoms with van der Waals surface area (Å²) in [6.07, 6.45) is 3.06. The van der Waals surface area contributed by atoms with Crippen molar-refractivity contribution in [3.05, 3.63) is 48.0 Å².